The fourth-order valence-corrected chi connectivity index (χ4v) is 3.00. The zero-order valence-electron chi connectivity index (χ0n) is 15.4. The number of aromatic nitrogens is 2. The van der Waals surface area contributed by atoms with Crippen molar-refractivity contribution < 1.29 is 0 Å². The lowest BCUT2D eigenvalue weighted by molar-refractivity contribution is 0.425. The molecule has 1 aliphatic rings. The number of nitrogens with zero attached hydrogens (tertiary/aromatic N) is 5. The molecule has 6 heteroatoms. The van der Waals surface area contributed by atoms with Crippen LogP contribution in [0, 0.1) is 6.92 Å². The first-order chi connectivity index (χ1) is 12.1. The lowest BCUT2D eigenvalue weighted by Gasteiger charge is -2.36. The van der Waals surface area contributed by atoms with Gasteiger partial charge >= 0.3 is 0 Å². The van der Waals surface area contributed by atoms with Crippen LogP contribution in [0.3, 0.4) is 0 Å². The number of benzene rings is 1. The standard InChI is InChI=1S/C19H28N6/c1-16-5-4-6-17(15-16)24-11-13-25(14-12-24)19-21-8-7-18(22-19)20-9-10-23(2)3/h4-8,15H,9-14H2,1-3H3,(H,20,21,22). The minimum atomic E-state index is 0.818. The quantitative estimate of drug-likeness (QED) is 0.869. The van der Waals surface area contributed by atoms with Crippen LogP contribution >= 0.6 is 0 Å². The van der Waals surface area contributed by atoms with Gasteiger partial charge in [-0.05, 0) is 44.8 Å². The number of hydrogen-bond donors (Lipinski definition) is 1. The molecule has 0 radical (unpaired) electrons. The van der Waals surface area contributed by atoms with Crippen LogP contribution in [0.1, 0.15) is 5.56 Å². The Morgan fingerprint density at radius 2 is 1.84 bits per heavy atom. The molecule has 6 nitrogen and oxygen atoms in total. The number of hydrogen-bond acceptors (Lipinski definition) is 6. The van der Waals surface area contributed by atoms with Gasteiger partial charge in [0.25, 0.3) is 0 Å². The van der Waals surface area contributed by atoms with Crippen LogP contribution in [0.5, 0.6) is 0 Å². The zero-order chi connectivity index (χ0) is 17.6. The molecule has 0 spiro atoms. The number of nitrogens with one attached hydrogen (secondary N) is 1. The summed E-state index contributed by atoms with van der Waals surface area (Å²) in [5.74, 6) is 1.71. The molecule has 1 N–H and O–H groups in total. The van der Waals surface area contributed by atoms with E-state index in [0.29, 0.717) is 0 Å². The topological polar surface area (TPSA) is 47.5 Å². The fourth-order valence-electron chi connectivity index (χ4n) is 3.00. The molecule has 0 amide bonds. The van der Waals surface area contributed by atoms with E-state index in [2.05, 4.69) is 75.3 Å². The fraction of sp³-hybridized carbons (Fsp3) is 0.474. The van der Waals surface area contributed by atoms with Crippen molar-refractivity contribution in [2.24, 2.45) is 0 Å². The largest absolute Gasteiger partial charge is 0.369 e. The molecule has 0 unspecified atom stereocenters. The summed E-state index contributed by atoms with van der Waals surface area (Å²) < 4.78 is 0. The Balaban J connectivity index is 1.57. The first kappa shape index (κ1) is 17.5. The molecule has 1 saturated heterocycles. The summed E-state index contributed by atoms with van der Waals surface area (Å²) in [6.07, 6.45) is 1.84. The third-order valence-corrected chi connectivity index (χ3v) is 4.44. The van der Waals surface area contributed by atoms with Gasteiger partial charge in [-0.25, -0.2) is 4.98 Å². The van der Waals surface area contributed by atoms with Crippen molar-refractivity contribution >= 4 is 17.5 Å². The molecule has 25 heavy (non-hydrogen) atoms. The Morgan fingerprint density at radius 3 is 2.56 bits per heavy atom. The molecule has 0 bridgehead atoms. The minimum absolute atomic E-state index is 0.818. The first-order valence-corrected chi connectivity index (χ1v) is 8.90. The molecule has 0 aliphatic carbocycles. The molecule has 1 aliphatic heterocycles. The monoisotopic (exact) mass is 340 g/mol. The molecule has 1 aromatic carbocycles. The summed E-state index contributed by atoms with van der Waals surface area (Å²) in [4.78, 5) is 16.0. The number of anilines is 3. The number of aryl methyl sites for hydroxylation is 1. The number of piperazine rings is 1. The summed E-state index contributed by atoms with van der Waals surface area (Å²) in [7, 11) is 4.14. The van der Waals surface area contributed by atoms with E-state index in [1.807, 2.05) is 12.3 Å². The van der Waals surface area contributed by atoms with Crippen molar-refractivity contribution in [3.8, 4) is 0 Å². The SMILES string of the molecule is Cc1cccc(N2CCN(c3nccc(NCCN(C)C)n3)CC2)c1. The average Bonchev–Trinajstić information content (AvgIpc) is 2.62. The summed E-state index contributed by atoms with van der Waals surface area (Å²) in [6, 6.07) is 10.6. The zero-order valence-corrected chi connectivity index (χ0v) is 15.4. The van der Waals surface area contributed by atoms with Crippen LogP contribution in [0.15, 0.2) is 36.5 Å². The Morgan fingerprint density at radius 1 is 1.08 bits per heavy atom. The van der Waals surface area contributed by atoms with E-state index in [0.717, 1.165) is 51.0 Å². The van der Waals surface area contributed by atoms with Crippen LogP contribution < -0.4 is 15.1 Å². The van der Waals surface area contributed by atoms with E-state index in [1.54, 1.807) is 0 Å². The second kappa shape index (κ2) is 8.16. The summed E-state index contributed by atoms with van der Waals surface area (Å²) >= 11 is 0. The van der Waals surface area contributed by atoms with Crippen molar-refractivity contribution in [3.63, 3.8) is 0 Å². The molecule has 1 fully saturated rings. The lowest BCUT2D eigenvalue weighted by Crippen LogP contribution is -2.47. The van der Waals surface area contributed by atoms with Gasteiger partial charge in [0.1, 0.15) is 5.82 Å². The van der Waals surface area contributed by atoms with Crippen molar-refractivity contribution in [2.45, 2.75) is 6.92 Å². The normalized spacial score (nSPS) is 14.9. The predicted octanol–water partition coefficient (Wildman–Crippen LogP) is 2.09. The lowest BCUT2D eigenvalue weighted by atomic mass is 10.2. The Labute approximate surface area is 150 Å². The van der Waals surface area contributed by atoms with Gasteiger partial charge in [-0.2, -0.15) is 4.98 Å². The van der Waals surface area contributed by atoms with Gasteiger partial charge in [0.05, 0.1) is 0 Å². The smallest absolute Gasteiger partial charge is 0.227 e. The van der Waals surface area contributed by atoms with Crippen LogP contribution in [-0.4, -0.2) is 68.2 Å². The Bertz CT molecular complexity index is 679. The van der Waals surface area contributed by atoms with Gasteiger partial charge in [0, 0.05) is 51.2 Å². The summed E-state index contributed by atoms with van der Waals surface area (Å²) in [5, 5.41) is 3.37. The minimum Gasteiger partial charge on any atom is -0.369 e. The average molecular weight is 340 g/mol. The Kier molecular flexibility index (Phi) is 5.71. The van der Waals surface area contributed by atoms with E-state index < -0.39 is 0 Å². The van der Waals surface area contributed by atoms with E-state index >= 15 is 0 Å². The highest BCUT2D eigenvalue weighted by molar-refractivity contribution is 5.50. The second-order valence-corrected chi connectivity index (χ2v) is 6.79. The predicted molar refractivity (Wildman–Crippen MR) is 105 cm³/mol. The third-order valence-electron chi connectivity index (χ3n) is 4.44. The third kappa shape index (κ3) is 4.82. The highest BCUT2D eigenvalue weighted by atomic mass is 15.3. The van der Waals surface area contributed by atoms with Crippen molar-refractivity contribution in [1.29, 1.82) is 0 Å². The molecule has 134 valence electrons. The molecule has 2 aromatic rings. The number of likely N-dealkylation sites (N-methyl/N-ethyl adjacent to an activating group) is 1. The molecule has 0 saturated carbocycles. The molecule has 1 aromatic heterocycles. The van der Waals surface area contributed by atoms with Crippen molar-refractivity contribution in [1.82, 2.24) is 14.9 Å². The van der Waals surface area contributed by atoms with Gasteiger partial charge in [-0.1, -0.05) is 12.1 Å². The van der Waals surface area contributed by atoms with E-state index in [-0.39, 0.29) is 0 Å². The van der Waals surface area contributed by atoms with Gasteiger partial charge < -0.3 is 20.0 Å². The van der Waals surface area contributed by atoms with Gasteiger partial charge in [0.2, 0.25) is 5.95 Å². The van der Waals surface area contributed by atoms with Crippen molar-refractivity contribution in [2.75, 3.05) is 68.5 Å². The van der Waals surface area contributed by atoms with Crippen LogP contribution in [0.4, 0.5) is 17.5 Å². The maximum Gasteiger partial charge on any atom is 0.227 e. The summed E-state index contributed by atoms with van der Waals surface area (Å²) in [6.45, 7) is 7.86. The number of rotatable bonds is 6. The van der Waals surface area contributed by atoms with Crippen LogP contribution in [0.2, 0.25) is 0 Å². The van der Waals surface area contributed by atoms with Crippen LogP contribution in [0.25, 0.3) is 0 Å². The summed E-state index contributed by atoms with van der Waals surface area (Å²) in [5.41, 5.74) is 2.61. The maximum absolute atomic E-state index is 4.67. The second-order valence-electron chi connectivity index (χ2n) is 6.79. The van der Waals surface area contributed by atoms with Gasteiger partial charge in [-0.15, -0.1) is 0 Å². The first-order valence-electron chi connectivity index (χ1n) is 8.90. The maximum atomic E-state index is 4.67. The van der Waals surface area contributed by atoms with Crippen LogP contribution in [-0.2, 0) is 0 Å². The van der Waals surface area contributed by atoms with Gasteiger partial charge in [0.15, 0.2) is 0 Å². The molecule has 0 atom stereocenters. The highest BCUT2D eigenvalue weighted by Gasteiger charge is 2.19. The van der Waals surface area contributed by atoms with Gasteiger partial charge in [-0.3, -0.25) is 0 Å². The van der Waals surface area contributed by atoms with E-state index in [9.17, 15) is 0 Å². The van der Waals surface area contributed by atoms with Crippen molar-refractivity contribution in [3.05, 3.63) is 42.1 Å². The molecule has 3 rings (SSSR count). The molecule has 2 heterocycles. The van der Waals surface area contributed by atoms with E-state index in [4.69, 9.17) is 0 Å². The van der Waals surface area contributed by atoms with E-state index in [1.165, 1.54) is 11.3 Å². The highest BCUT2D eigenvalue weighted by Crippen LogP contribution is 2.20. The Hall–Kier alpha value is -2.34. The molecular formula is C19H28N6. The molecular weight excluding hydrogens is 312 g/mol.